The number of carbonyl (C=O) groups is 16. The van der Waals surface area contributed by atoms with Gasteiger partial charge in [-0.1, -0.05) is 133 Å². The Labute approximate surface area is 707 Å². The molecule has 13 atom stereocenters. The SMILES string of the molecule is CCCC[C@@H]1NC(=O)[C@H](Cc2c[nH]c3ccccc23)NC(=O)[C@H](CC(=O)O)NC(=O)[C@H](CCCCN)NC(=O)CNC(=O)[C@H](CO)NC(=O)[C@H]([C@@H](C)CC)NC(=O)[C@H](Cc2ccc3ccccc3c2)NC(=O)[C@H](CC(N)=O)NC(=O)CSC[C@@H](C(N)=O)NC(=O)[C@H](C(C)C)NC(=O)[C@H](Cc2c[nH]c3ccccc23)NC(=O)[C@H](CCCNC(=N)N)NC1=O. The molecule has 1 saturated heterocycles. The number of fused-ring (bicyclic) bond motifs is 3. The van der Waals surface area contributed by atoms with Crippen molar-refractivity contribution in [3.05, 3.63) is 120 Å². The number of benzene rings is 4. The number of nitrogens with one attached hydrogen (secondary N) is 17. The van der Waals surface area contributed by atoms with Crippen molar-refractivity contribution in [1.29, 1.82) is 5.41 Å². The normalized spacial score (nSPS) is 23.0. The van der Waals surface area contributed by atoms with Crippen molar-refractivity contribution in [2.45, 2.75) is 197 Å². The Hall–Kier alpha value is -12.7. The van der Waals surface area contributed by atoms with Crippen molar-refractivity contribution in [3.63, 3.8) is 0 Å². The first kappa shape index (κ1) is 96.4. The van der Waals surface area contributed by atoms with Crippen LogP contribution in [0.3, 0.4) is 0 Å². The maximum Gasteiger partial charge on any atom is 0.305 e. The molecule has 122 heavy (non-hydrogen) atoms. The number of hydrogen-bond acceptors (Lipinski definition) is 20. The van der Waals surface area contributed by atoms with E-state index >= 15 is 19.2 Å². The number of aliphatic hydroxyl groups excluding tert-OH is 1. The summed E-state index contributed by atoms with van der Waals surface area (Å²) in [5.74, 6) is -19.9. The number of primary amides is 2. The van der Waals surface area contributed by atoms with E-state index in [0.717, 1.165) is 22.5 Å². The van der Waals surface area contributed by atoms with E-state index < -0.39 is 222 Å². The topological polar surface area (TPSA) is 642 Å². The third-order valence-corrected chi connectivity index (χ3v) is 21.6. The van der Waals surface area contributed by atoms with Gasteiger partial charge in [0.05, 0.1) is 31.7 Å². The Bertz CT molecular complexity index is 4730. The average molecular weight is 1710 g/mol. The van der Waals surface area contributed by atoms with Gasteiger partial charge in [-0.3, -0.25) is 82.1 Å². The Morgan fingerprint density at radius 3 is 1.50 bits per heavy atom. The molecule has 2 aromatic heterocycles. The van der Waals surface area contributed by atoms with Gasteiger partial charge in [0.25, 0.3) is 0 Å². The van der Waals surface area contributed by atoms with Crippen molar-refractivity contribution in [3.8, 4) is 0 Å². The summed E-state index contributed by atoms with van der Waals surface area (Å²) in [4.78, 5) is 235. The number of carboxylic acid groups (broad SMARTS) is 1. The summed E-state index contributed by atoms with van der Waals surface area (Å²) in [6.07, 6.45) is 1.41. The molecule has 15 amide bonds. The summed E-state index contributed by atoms with van der Waals surface area (Å²) in [6, 6.07) is 6.80. The van der Waals surface area contributed by atoms with E-state index in [1.54, 1.807) is 126 Å². The number of aromatic amines is 2. The quantitative estimate of drug-likeness (QED) is 0.0153. The van der Waals surface area contributed by atoms with Crippen molar-refractivity contribution < 1.29 is 86.9 Å². The van der Waals surface area contributed by atoms with Crippen LogP contribution in [0, 0.1) is 17.2 Å². The lowest BCUT2D eigenvalue weighted by Gasteiger charge is -2.29. The highest BCUT2D eigenvalue weighted by atomic mass is 32.2. The summed E-state index contributed by atoms with van der Waals surface area (Å²) in [7, 11) is 0. The number of thioether (sulfide) groups is 1. The Morgan fingerprint density at radius 1 is 0.500 bits per heavy atom. The van der Waals surface area contributed by atoms with Crippen LogP contribution in [0.5, 0.6) is 0 Å². The molecule has 0 bridgehead atoms. The number of aromatic nitrogens is 2. The minimum Gasteiger partial charge on any atom is -0.481 e. The first-order valence-corrected chi connectivity index (χ1v) is 41.6. The largest absolute Gasteiger partial charge is 0.481 e. The summed E-state index contributed by atoms with van der Waals surface area (Å²) in [5, 5.41) is 67.3. The zero-order valence-electron chi connectivity index (χ0n) is 68.7. The molecule has 3 heterocycles. The van der Waals surface area contributed by atoms with Gasteiger partial charge in [-0.2, -0.15) is 0 Å². The standard InChI is InChI=1S/C82H113N21O18S/c1-6-8-22-55-73(113)94-56(26-17-30-88-82(86)87)74(114)97-59(34-49-38-90-53-24-14-12-21-51(49)53)79(119)102-68(43(3)4)80(120)101-63(70(85)110)41-122-42-66(107)93-60(35-64(84)105)76(116)96-57(32-45-27-28-46-18-9-10-19-47(46)31-45)78(118)103-69(44(5)7-2)81(121)100-62(40-104)71(111)91-39-65(106)92-54(25-15-16-29-83)72(112)99-61(36-67(108)109)77(117)98-58(75(115)95-55)33-48-37-89-52-23-13-11-20-50(48)52/h9-14,18-21,23-24,27-28,31,37-38,43-44,54-63,68-69,89-90,104H,6-8,15-17,22,25-26,29-30,32-36,39-42,83H2,1-5H3,(H2,84,105)(H2,85,110)(H,91,111)(H,92,106)(H,93,107)(H,94,113)(H,95,115)(H,96,116)(H,97,114)(H,98,117)(H,99,112)(H,100,121)(H,101,120)(H,102,119)(H,103,118)(H,108,109)(H4,86,87,88)/t44-,54-,55-,56-,57-,58-,59-,60-,61-,62-,63-,68-,69-/m0/s1. The lowest BCUT2D eigenvalue weighted by molar-refractivity contribution is -0.141. The third-order valence-electron chi connectivity index (χ3n) is 20.6. The Kier molecular flexibility index (Phi) is 37.9. The predicted molar refractivity (Wildman–Crippen MR) is 453 cm³/mol. The Morgan fingerprint density at radius 2 is 0.967 bits per heavy atom. The minimum atomic E-state index is -1.99. The van der Waals surface area contributed by atoms with Crippen LogP contribution in [-0.2, 0) is 96.0 Å². The van der Waals surface area contributed by atoms with Crippen LogP contribution in [0.2, 0.25) is 0 Å². The molecule has 40 heteroatoms. The number of H-pyrrole nitrogens is 2. The van der Waals surface area contributed by atoms with Gasteiger partial charge in [0, 0.05) is 65.8 Å². The van der Waals surface area contributed by atoms with Crippen molar-refractivity contribution in [2.75, 3.05) is 37.7 Å². The highest BCUT2D eigenvalue weighted by Gasteiger charge is 2.39. The molecule has 6 aromatic rings. The van der Waals surface area contributed by atoms with Crippen LogP contribution in [0.15, 0.2) is 103 Å². The van der Waals surface area contributed by atoms with Gasteiger partial charge in [0.15, 0.2) is 5.96 Å². The van der Waals surface area contributed by atoms with Gasteiger partial charge in [-0.15, -0.1) is 11.8 Å². The molecule has 0 saturated carbocycles. The molecular formula is C82H113N21O18S. The number of nitrogens with two attached hydrogens (primary N) is 4. The Balaban J connectivity index is 1.28. The minimum absolute atomic E-state index is 0.00311. The number of unbranched alkanes of at least 4 members (excludes halogenated alkanes) is 2. The number of rotatable bonds is 26. The summed E-state index contributed by atoms with van der Waals surface area (Å²) >= 11 is 0.750. The van der Waals surface area contributed by atoms with E-state index in [-0.39, 0.29) is 77.3 Å². The first-order valence-electron chi connectivity index (χ1n) is 40.4. The van der Waals surface area contributed by atoms with E-state index in [9.17, 15) is 67.7 Å². The maximum atomic E-state index is 15.2. The van der Waals surface area contributed by atoms with Gasteiger partial charge < -0.3 is 118 Å². The lowest BCUT2D eigenvalue weighted by Crippen LogP contribution is -2.61. The summed E-state index contributed by atoms with van der Waals surface area (Å²) < 4.78 is 0. The van der Waals surface area contributed by atoms with Crippen LogP contribution < -0.4 is 97.4 Å². The number of carboxylic acids is 1. The molecule has 0 unspecified atom stereocenters. The van der Waals surface area contributed by atoms with Gasteiger partial charge >= 0.3 is 5.97 Å². The lowest BCUT2D eigenvalue weighted by atomic mass is 9.96. The van der Waals surface area contributed by atoms with Crippen molar-refractivity contribution in [1.82, 2.24) is 84.4 Å². The van der Waals surface area contributed by atoms with Crippen LogP contribution in [0.1, 0.15) is 122 Å². The monoisotopic (exact) mass is 1710 g/mol. The van der Waals surface area contributed by atoms with E-state index in [4.69, 9.17) is 28.3 Å². The number of guanidine groups is 1. The highest BCUT2D eigenvalue weighted by Crippen LogP contribution is 2.24. The zero-order valence-corrected chi connectivity index (χ0v) is 69.5. The molecule has 0 radical (unpaired) electrons. The van der Waals surface area contributed by atoms with Gasteiger partial charge in [-0.25, -0.2) is 0 Å². The molecule has 7 rings (SSSR count). The molecule has 0 spiro atoms. The summed E-state index contributed by atoms with van der Waals surface area (Å²) in [6.45, 7) is 6.32. The number of para-hydroxylation sites is 2. The molecule has 27 N–H and O–H groups in total. The summed E-state index contributed by atoms with van der Waals surface area (Å²) in [5.41, 5.74) is 25.6. The van der Waals surface area contributed by atoms with Crippen LogP contribution in [-0.4, -0.2) is 231 Å². The first-order chi connectivity index (χ1) is 58.2. The van der Waals surface area contributed by atoms with Crippen molar-refractivity contribution in [2.24, 2.45) is 34.8 Å². The number of aliphatic carboxylic acids is 1. The fraction of sp³-hybridized carbons (Fsp3) is 0.476. The van der Waals surface area contributed by atoms with E-state index in [2.05, 4.69) is 84.4 Å². The smallest absolute Gasteiger partial charge is 0.305 e. The second-order valence-corrected chi connectivity index (χ2v) is 31.4. The van der Waals surface area contributed by atoms with Gasteiger partial charge in [0.2, 0.25) is 88.6 Å². The fourth-order valence-corrected chi connectivity index (χ4v) is 14.5. The fourth-order valence-electron chi connectivity index (χ4n) is 13.6. The highest BCUT2D eigenvalue weighted by molar-refractivity contribution is 8.00. The second-order valence-electron chi connectivity index (χ2n) is 30.3. The molecule has 660 valence electrons. The van der Waals surface area contributed by atoms with Crippen molar-refractivity contribution >= 4 is 145 Å². The van der Waals surface area contributed by atoms with Crippen LogP contribution in [0.25, 0.3) is 32.6 Å². The molecule has 1 fully saturated rings. The molecule has 39 nitrogen and oxygen atoms in total. The number of hydrogen-bond donors (Lipinski definition) is 23. The molecular weight excluding hydrogens is 1600 g/mol. The maximum absolute atomic E-state index is 15.2. The van der Waals surface area contributed by atoms with Crippen LogP contribution >= 0.6 is 11.8 Å². The number of carbonyl (C=O) groups excluding carboxylic acids is 15. The number of aliphatic hydroxyl groups is 1. The van der Waals surface area contributed by atoms with Crippen LogP contribution in [0.4, 0.5) is 0 Å². The predicted octanol–water partition coefficient (Wildman–Crippen LogP) is -2.38. The van der Waals surface area contributed by atoms with E-state index in [1.165, 1.54) is 0 Å². The molecule has 1 aliphatic rings. The van der Waals surface area contributed by atoms with Gasteiger partial charge in [-0.05, 0) is 96.5 Å². The van der Waals surface area contributed by atoms with Gasteiger partial charge in [0.1, 0.15) is 72.5 Å². The zero-order chi connectivity index (χ0) is 89.3. The molecule has 0 aliphatic carbocycles. The van der Waals surface area contributed by atoms with E-state index in [0.29, 0.717) is 51.3 Å². The molecule has 1 aliphatic heterocycles. The second kappa shape index (κ2) is 47.9. The van der Waals surface area contributed by atoms with E-state index in [1.807, 2.05) is 12.1 Å². The third kappa shape index (κ3) is 29.6. The number of amides is 15. The molecule has 4 aromatic carbocycles. The average Bonchev–Trinajstić information content (AvgIpc) is 1.66.